The summed E-state index contributed by atoms with van der Waals surface area (Å²) >= 11 is 0. The predicted molar refractivity (Wildman–Crippen MR) is 213 cm³/mol. The molecule has 0 bridgehead atoms. The van der Waals surface area contributed by atoms with Gasteiger partial charge < -0.3 is 9.47 Å². The molecule has 50 heavy (non-hydrogen) atoms. The minimum absolute atomic E-state index is 1.13. The fourth-order valence-corrected chi connectivity index (χ4v) is 7.85. The van der Waals surface area contributed by atoms with Crippen LogP contribution >= 0.6 is 0 Å². The summed E-state index contributed by atoms with van der Waals surface area (Å²) in [5, 5.41) is 7.67. The van der Waals surface area contributed by atoms with Gasteiger partial charge in [0.25, 0.3) is 0 Å². The van der Waals surface area contributed by atoms with Crippen LogP contribution in [-0.2, 0) is 0 Å². The highest BCUT2D eigenvalue weighted by Gasteiger charge is 2.19. The van der Waals surface area contributed by atoms with Gasteiger partial charge in [-0.2, -0.15) is 0 Å². The van der Waals surface area contributed by atoms with E-state index >= 15 is 0 Å². The number of fused-ring (bicyclic) bond motifs is 1. The predicted octanol–water partition coefficient (Wildman–Crippen LogP) is 13.3. The zero-order chi connectivity index (χ0) is 33.0. The Morgan fingerprint density at radius 3 is 1.74 bits per heavy atom. The molecular weight excluding hydrogens is 605 g/mol. The number of para-hydroxylation sites is 2. The Balaban J connectivity index is 1.03. The SMILES string of the molecule is c1ccc(N(c2ccc(-c3ccc(-c4ccc5c6c4ccc4cccc(c46)n5-c4ccccc4)cc3)cc2)c2cccc3ccccc23)cc1. The largest absolute Gasteiger partial charge is 0.310 e. The van der Waals surface area contributed by atoms with Crippen molar-refractivity contribution in [2.75, 3.05) is 4.90 Å². The highest BCUT2D eigenvalue weighted by Crippen LogP contribution is 2.43. The Kier molecular flexibility index (Phi) is 6.53. The fourth-order valence-electron chi connectivity index (χ4n) is 7.85. The van der Waals surface area contributed by atoms with Crippen LogP contribution in [0.4, 0.5) is 17.1 Å². The molecule has 0 unspecified atom stereocenters. The van der Waals surface area contributed by atoms with E-state index < -0.39 is 0 Å². The number of anilines is 3. The van der Waals surface area contributed by atoms with Crippen LogP contribution in [0.2, 0.25) is 0 Å². The van der Waals surface area contributed by atoms with Gasteiger partial charge in [-0.25, -0.2) is 0 Å². The normalized spacial score (nSPS) is 11.6. The van der Waals surface area contributed by atoms with Crippen molar-refractivity contribution >= 4 is 60.4 Å². The van der Waals surface area contributed by atoms with Gasteiger partial charge >= 0.3 is 0 Å². The molecule has 0 saturated heterocycles. The standard InChI is InChI=1S/C48H32N2/c1-3-14-38(15-4-1)49(44-19-9-12-35-11-7-8-18-42(35)44)40-28-25-34(26-29-40)33-21-23-36(24-22-33)41-31-32-46-48-43(41)30-27-37-13-10-20-45(47(37)48)50(46)39-16-5-2-6-17-39/h1-32H. The van der Waals surface area contributed by atoms with Crippen molar-refractivity contribution in [2.45, 2.75) is 0 Å². The summed E-state index contributed by atoms with van der Waals surface area (Å²) < 4.78 is 2.40. The summed E-state index contributed by atoms with van der Waals surface area (Å²) in [6.45, 7) is 0. The Bertz CT molecular complexity index is 2770. The molecule has 1 heterocycles. The summed E-state index contributed by atoms with van der Waals surface area (Å²) in [6.07, 6.45) is 0. The highest BCUT2D eigenvalue weighted by atomic mass is 15.1. The molecule has 2 nitrogen and oxygen atoms in total. The molecule has 0 atom stereocenters. The second-order valence-electron chi connectivity index (χ2n) is 13.0. The number of hydrogen-bond acceptors (Lipinski definition) is 1. The van der Waals surface area contributed by atoms with E-state index in [1.54, 1.807) is 0 Å². The average Bonchev–Trinajstić information content (AvgIpc) is 3.54. The quantitative estimate of drug-likeness (QED) is 0.165. The van der Waals surface area contributed by atoms with E-state index in [1.165, 1.54) is 77.0 Å². The first-order chi connectivity index (χ1) is 24.8. The third-order valence-corrected chi connectivity index (χ3v) is 10.2. The second-order valence-corrected chi connectivity index (χ2v) is 13.0. The van der Waals surface area contributed by atoms with Crippen LogP contribution < -0.4 is 4.90 Å². The lowest BCUT2D eigenvalue weighted by molar-refractivity contribution is 1.18. The van der Waals surface area contributed by atoms with E-state index in [-0.39, 0.29) is 0 Å². The molecule has 2 heteroatoms. The summed E-state index contributed by atoms with van der Waals surface area (Å²) in [5.74, 6) is 0. The van der Waals surface area contributed by atoms with Crippen LogP contribution in [0.5, 0.6) is 0 Å². The van der Waals surface area contributed by atoms with Crippen molar-refractivity contribution in [2.24, 2.45) is 0 Å². The molecule has 0 aliphatic rings. The third kappa shape index (κ3) is 4.50. The van der Waals surface area contributed by atoms with E-state index in [4.69, 9.17) is 0 Å². The molecule has 1 aromatic heterocycles. The summed E-state index contributed by atoms with van der Waals surface area (Å²) in [7, 11) is 0. The van der Waals surface area contributed by atoms with Gasteiger partial charge in [-0.1, -0.05) is 140 Å². The van der Waals surface area contributed by atoms with Gasteiger partial charge in [0.1, 0.15) is 0 Å². The molecule has 0 aliphatic heterocycles. The minimum Gasteiger partial charge on any atom is -0.310 e. The van der Waals surface area contributed by atoms with Crippen molar-refractivity contribution in [1.82, 2.24) is 4.57 Å². The number of aromatic nitrogens is 1. The molecule has 0 fully saturated rings. The van der Waals surface area contributed by atoms with Crippen LogP contribution in [0.3, 0.4) is 0 Å². The molecule has 9 aromatic carbocycles. The van der Waals surface area contributed by atoms with E-state index in [1.807, 2.05) is 0 Å². The smallest absolute Gasteiger partial charge is 0.0547 e. The van der Waals surface area contributed by atoms with Crippen molar-refractivity contribution in [3.05, 3.63) is 194 Å². The van der Waals surface area contributed by atoms with Crippen molar-refractivity contribution in [1.29, 1.82) is 0 Å². The van der Waals surface area contributed by atoms with Gasteiger partial charge in [0.05, 0.1) is 16.7 Å². The molecule has 0 aliphatic carbocycles. The van der Waals surface area contributed by atoms with Crippen molar-refractivity contribution in [3.8, 4) is 27.9 Å². The summed E-state index contributed by atoms with van der Waals surface area (Å²) in [5.41, 5.74) is 12.0. The average molecular weight is 637 g/mol. The van der Waals surface area contributed by atoms with Gasteiger partial charge in [0, 0.05) is 33.2 Å². The molecule has 0 saturated carbocycles. The number of hydrogen-bond donors (Lipinski definition) is 0. The summed E-state index contributed by atoms with van der Waals surface area (Å²) in [4.78, 5) is 2.35. The maximum atomic E-state index is 2.40. The third-order valence-electron chi connectivity index (χ3n) is 10.2. The van der Waals surface area contributed by atoms with Crippen molar-refractivity contribution in [3.63, 3.8) is 0 Å². The van der Waals surface area contributed by atoms with Crippen LogP contribution in [0.25, 0.3) is 71.3 Å². The van der Waals surface area contributed by atoms with Gasteiger partial charge in [0.2, 0.25) is 0 Å². The monoisotopic (exact) mass is 636 g/mol. The van der Waals surface area contributed by atoms with Crippen LogP contribution in [0.1, 0.15) is 0 Å². The van der Waals surface area contributed by atoms with E-state index in [0.717, 1.165) is 11.4 Å². The number of benzene rings is 9. The van der Waals surface area contributed by atoms with Gasteiger partial charge in [-0.3, -0.25) is 0 Å². The first-order valence-corrected chi connectivity index (χ1v) is 17.2. The Morgan fingerprint density at radius 1 is 0.340 bits per heavy atom. The first kappa shape index (κ1) is 28.4. The molecule has 10 rings (SSSR count). The number of rotatable bonds is 6. The topological polar surface area (TPSA) is 8.17 Å². The van der Waals surface area contributed by atoms with E-state index in [9.17, 15) is 0 Å². The summed E-state index contributed by atoms with van der Waals surface area (Å²) in [6, 6.07) is 70.3. The first-order valence-electron chi connectivity index (χ1n) is 17.2. The highest BCUT2D eigenvalue weighted by molar-refractivity contribution is 6.26. The lowest BCUT2D eigenvalue weighted by Gasteiger charge is -2.27. The van der Waals surface area contributed by atoms with E-state index in [2.05, 4.69) is 204 Å². The fraction of sp³-hybridized carbons (Fsp3) is 0. The van der Waals surface area contributed by atoms with Gasteiger partial charge in [-0.05, 0) is 93.0 Å². The molecule has 10 aromatic rings. The maximum absolute atomic E-state index is 2.40. The van der Waals surface area contributed by atoms with Gasteiger partial charge in [0.15, 0.2) is 0 Å². The lowest BCUT2D eigenvalue weighted by atomic mass is 9.93. The zero-order valence-corrected chi connectivity index (χ0v) is 27.4. The lowest BCUT2D eigenvalue weighted by Crippen LogP contribution is -2.10. The molecule has 0 radical (unpaired) electrons. The minimum atomic E-state index is 1.13. The zero-order valence-electron chi connectivity index (χ0n) is 27.4. The van der Waals surface area contributed by atoms with Crippen molar-refractivity contribution < 1.29 is 0 Å². The molecule has 0 spiro atoms. The van der Waals surface area contributed by atoms with Gasteiger partial charge in [-0.15, -0.1) is 0 Å². The molecule has 0 N–H and O–H groups in total. The second kappa shape index (κ2) is 11.5. The Hall–Kier alpha value is -6.64. The van der Waals surface area contributed by atoms with Crippen LogP contribution in [0.15, 0.2) is 194 Å². The molecule has 234 valence electrons. The number of nitrogens with zero attached hydrogens (tertiary/aromatic N) is 2. The van der Waals surface area contributed by atoms with Crippen LogP contribution in [-0.4, -0.2) is 4.57 Å². The molecule has 0 amide bonds. The van der Waals surface area contributed by atoms with E-state index in [0.29, 0.717) is 0 Å². The maximum Gasteiger partial charge on any atom is 0.0547 e. The Morgan fingerprint density at radius 2 is 0.940 bits per heavy atom. The molecular formula is C48H32N2. The van der Waals surface area contributed by atoms with Crippen LogP contribution in [0, 0.1) is 0 Å². The Labute approximate surface area is 291 Å².